The maximum absolute atomic E-state index is 13.7. The summed E-state index contributed by atoms with van der Waals surface area (Å²) < 4.78 is 45.8. The Balaban J connectivity index is 2.17. The van der Waals surface area contributed by atoms with Crippen LogP contribution in [0.25, 0.3) is 16.9 Å². The second-order valence-corrected chi connectivity index (χ2v) is 4.23. The number of aldehydes is 1. The van der Waals surface area contributed by atoms with Crippen molar-refractivity contribution in [2.24, 2.45) is 0 Å². The molecule has 3 aromatic rings. The lowest BCUT2D eigenvalue weighted by molar-refractivity contribution is 0.112. The van der Waals surface area contributed by atoms with Crippen molar-refractivity contribution >= 4 is 6.29 Å². The highest BCUT2D eigenvalue weighted by molar-refractivity contribution is 5.85. The number of rotatable bonds is 3. The molecule has 0 unspecified atom stereocenters. The molecule has 1 aromatic carbocycles. The van der Waals surface area contributed by atoms with Crippen LogP contribution in [0.15, 0.2) is 41.3 Å². The van der Waals surface area contributed by atoms with Gasteiger partial charge in [-0.2, -0.15) is 5.10 Å². The summed E-state index contributed by atoms with van der Waals surface area (Å²) >= 11 is 0. The SMILES string of the molecule is O=Cc1cn(-c2cc(F)c(F)cc2F)nc1-c1ccoc1. The highest BCUT2D eigenvalue weighted by atomic mass is 19.2. The molecule has 0 aliphatic heterocycles. The number of furan rings is 1. The quantitative estimate of drug-likeness (QED) is 0.549. The van der Waals surface area contributed by atoms with Gasteiger partial charge in [0, 0.05) is 23.9 Å². The van der Waals surface area contributed by atoms with Crippen molar-refractivity contribution in [3.8, 4) is 16.9 Å². The number of carbonyl (C=O) groups excluding carboxylic acids is 1. The number of aromatic nitrogens is 2. The van der Waals surface area contributed by atoms with Crippen LogP contribution in [0.3, 0.4) is 0 Å². The Morgan fingerprint density at radius 3 is 2.57 bits per heavy atom. The molecule has 0 aliphatic rings. The summed E-state index contributed by atoms with van der Waals surface area (Å²) in [5.74, 6) is -3.50. The van der Waals surface area contributed by atoms with Gasteiger partial charge in [0.2, 0.25) is 0 Å². The van der Waals surface area contributed by atoms with Gasteiger partial charge >= 0.3 is 0 Å². The minimum atomic E-state index is -1.30. The fourth-order valence-electron chi connectivity index (χ4n) is 1.91. The van der Waals surface area contributed by atoms with Crippen molar-refractivity contribution in [3.05, 3.63) is 59.9 Å². The average molecular weight is 292 g/mol. The fourth-order valence-corrected chi connectivity index (χ4v) is 1.91. The smallest absolute Gasteiger partial charge is 0.161 e. The summed E-state index contributed by atoms with van der Waals surface area (Å²) in [4.78, 5) is 11.1. The van der Waals surface area contributed by atoms with E-state index in [4.69, 9.17) is 4.42 Å². The van der Waals surface area contributed by atoms with E-state index in [0.29, 0.717) is 24.0 Å². The summed E-state index contributed by atoms with van der Waals surface area (Å²) in [6.07, 6.45) is 4.51. The topological polar surface area (TPSA) is 48.0 Å². The molecule has 2 heterocycles. The Morgan fingerprint density at radius 1 is 1.14 bits per heavy atom. The van der Waals surface area contributed by atoms with Gasteiger partial charge in [-0.15, -0.1) is 0 Å². The zero-order chi connectivity index (χ0) is 15.0. The lowest BCUT2D eigenvalue weighted by Gasteiger charge is -2.03. The van der Waals surface area contributed by atoms with E-state index < -0.39 is 17.5 Å². The van der Waals surface area contributed by atoms with Gasteiger partial charge in [0.1, 0.15) is 11.4 Å². The highest BCUT2D eigenvalue weighted by Gasteiger charge is 2.16. The van der Waals surface area contributed by atoms with Crippen LogP contribution in [0.2, 0.25) is 0 Å². The highest BCUT2D eigenvalue weighted by Crippen LogP contribution is 2.24. The average Bonchev–Trinajstić information content (AvgIpc) is 3.10. The van der Waals surface area contributed by atoms with E-state index in [1.54, 1.807) is 6.07 Å². The molecular formula is C14H7F3N2O2. The van der Waals surface area contributed by atoms with E-state index in [-0.39, 0.29) is 16.9 Å². The zero-order valence-electron chi connectivity index (χ0n) is 10.4. The molecule has 0 radical (unpaired) electrons. The predicted molar refractivity (Wildman–Crippen MR) is 66.5 cm³/mol. The van der Waals surface area contributed by atoms with E-state index in [9.17, 15) is 18.0 Å². The summed E-state index contributed by atoms with van der Waals surface area (Å²) in [7, 11) is 0. The minimum absolute atomic E-state index is 0.167. The van der Waals surface area contributed by atoms with Gasteiger partial charge in [0.05, 0.1) is 18.1 Å². The van der Waals surface area contributed by atoms with Crippen molar-refractivity contribution in [2.45, 2.75) is 0 Å². The van der Waals surface area contributed by atoms with Gasteiger partial charge < -0.3 is 4.42 Å². The molecule has 0 saturated carbocycles. The first-order valence-corrected chi connectivity index (χ1v) is 5.82. The standard InChI is InChI=1S/C14H7F3N2O2/c15-10-3-12(17)13(4-11(10)16)19-5-9(6-20)14(18-19)8-1-2-21-7-8/h1-7H. The number of halogens is 3. The minimum Gasteiger partial charge on any atom is -0.472 e. The van der Waals surface area contributed by atoms with Crippen LogP contribution >= 0.6 is 0 Å². The number of nitrogens with zero attached hydrogens (tertiary/aromatic N) is 2. The number of hydrogen-bond donors (Lipinski definition) is 0. The molecular weight excluding hydrogens is 285 g/mol. The van der Waals surface area contributed by atoms with Crippen molar-refractivity contribution in [3.63, 3.8) is 0 Å². The molecule has 0 fully saturated rings. The molecule has 4 nitrogen and oxygen atoms in total. The molecule has 7 heteroatoms. The molecule has 0 N–H and O–H groups in total. The van der Waals surface area contributed by atoms with Crippen LogP contribution in [-0.2, 0) is 0 Å². The first-order chi connectivity index (χ1) is 10.1. The van der Waals surface area contributed by atoms with Gasteiger partial charge in [0.15, 0.2) is 23.7 Å². The lowest BCUT2D eigenvalue weighted by Crippen LogP contribution is -2.01. The molecule has 0 amide bonds. The van der Waals surface area contributed by atoms with Gasteiger partial charge in [-0.3, -0.25) is 4.79 Å². The maximum atomic E-state index is 13.7. The van der Waals surface area contributed by atoms with E-state index in [1.807, 2.05) is 0 Å². The largest absolute Gasteiger partial charge is 0.472 e. The molecule has 0 spiro atoms. The second-order valence-electron chi connectivity index (χ2n) is 4.23. The van der Waals surface area contributed by atoms with E-state index in [2.05, 4.69) is 5.10 Å². The molecule has 0 aliphatic carbocycles. The summed E-state index contributed by atoms with van der Waals surface area (Å²) in [5.41, 5.74) is 0.633. The predicted octanol–water partition coefficient (Wildman–Crippen LogP) is 3.36. The molecule has 0 atom stereocenters. The van der Waals surface area contributed by atoms with Gasteiger partial charge in [-0.25, -0.2) is 17.9 Å². The van der Waals surface area contributed by atoms with Crippen LogP contribution in [0.5, 0.6) is 0 Å². The lowest BCUT2D eigenvalue weighted by atomic mass is 10.2. The molecule has 0 saturated heterocycles. The Morgan fingerprint density at radius 2 is 1.90 bits per heavy atom. The zero-order valence-corrected chi connectivity index (χ0v) is 10.4. The van der Waals surface area contributed by atoms with Gasteiger partial charge in [-0.05, 0) is 6.07 Å². The second kappa shape index (κ2) is 4.93. The monoisotopic (exact) mass is 292 g/mol. The third-order valence-electron chi connectivity index (χ3n) is 2.90. The van der Waals surface area contributed by atoms with Crippen molar-refractivity contribution < 1.29 is 22.4 Å². The van der Waals surface area contributed by atoms with Gasteiger partial charge in [-0.1, -0.05) is 0 Å². The van der Waals surface area contributed by atoms with Crippen molar-refractivity contribution in [2.75, 3.05) is 0 Å². The normalized spacial score (nSPS) is 10.8. The third-order valence-corrected chi connectivity index (χ3v) is 2.90. The number of hydrogen-bond acceptors (Lipinski definition) is 3. The Bertz CT molecular complexity index is 810. The Kier molecular flexibility index (Phi) is 3.09. The van der Waals surface area contributed by atoms with Gasteiger partial charge in [0.25, 0.3) is 0 Å². The molecule has 3 rings (SSSR count). The van der Waals surface area contributed by atoms with Crippen LogP contribution in [0, 0.1) is 17.5 Å². The van der Waals surface area contributed by atoms with Crippen LogP contribution in [0.1, 0.15) is 10.4 Å². The summed E-state index contributed by atoms with van der Waals surface area (Å²) in [6, 6.07) is 2.66. The number of benzene rings is 1. The molecule has 21 heavy (non-hydrogen) atoms. The van der Waals surface area contributed by atoms with Crippen LogP contribution < -0.4 is 0 Å². The molecule has 2 aromatic heterocycles. The van der Waals surface area contributed by atoms with E-state index in [1.165, 1.54) is 18.7 Å². The fraction of sp³-hybridized carbons (Fsp3) is 0. The first-order valence-electron chi connectivity index (χ1n) is 5.82. The maximum Gasteiger partial charge on any atom is 0.161 e. The van der Waals surface area contributed by atoms with E-state index >= 15 is 0 Å². The molecule has 0 bridgehead atoms. The van der Waals surface area contributed by atoms with Crippen molar-refractivity contribution in [1.29, 1.82) is 0 Å². The third kappa shape index (κ3) is 2.22. The molecule has 106 valence electrons. The van der Waals surface area contributed by atoms with Crippen molar-refractivity contribution in [1.82, 2.24) is 9.78 Å². The Hall–Kier alpha value is -2.83. The number of carbonyl (C=O) groups is 1. The Labute approximate surface area is 116 Å². The van der Waals surface area contributed by atoms with E-state index in [0.717, 1.165) is 4.68 Å². The van der Waals surface area contributed by atoms with Crippen LogP contribution in [0.4, 0.5) is 13.2 Å². The summed E-state index contributed by atoms with van der Waals surface area (Å²) in [5, 5.41) is 4.02. The first kappa shape index (κ1) is 13.2. The van der Waals surface area contributed by atoms with Crippen LogP contribution in [-0.4, -0.2) is 16.1 Å². The summed E-state index contributed by atoms with van der Waals surface area (Å²) in [6.45, 7) is 0.